The summed E-state index contributed by atoms with van der Waals surface area (Å²) in [6, 6.07) is 16.5. The molecule has 23 heavy (non-hydrogen) atoms. The molecule has 2 aromatic carbocycles. The molecule has 0 saturated heterocycles. The van der Waals surface area contributed by atoms with E-state index in [0.29, 0.717) is 0 Å². The number of nitrogens with zero attached hydrogens (tertiary/aromatic N) is 2. The summed E-state index contributed by atoms with van der Waals surface area (Å²) in [5, 5.41) is 6.18. The number of aryl methyl sites for hydroxylation is 1. The van der Waals surface area contributed by atoms with Crippen LogP contribution in [0.15, 0.2) is 58.1 Å². The SMILES string of the molecule is CCc1ccc([C@H]2CC(c3ccc(Br)cc3)=NN2C(C)=O)cc1. The molecule has 1 heterocycles. The summed E-state index contributed by atoms with van der Waals surface area (Å²) in [4.78, 5) is 12.0. The van der Waals surface area contributed by atoms with E-state index >= 15 is 0 Å². The average Bonchev–Trinajstić information content (AvgIpc) is 3.01. The van der Waals surface area contributed by atoms with Gasteiger partial charge in [-0.3, -0.25) is 4.79 Å². The molecule has 1 aliphatic heterocycles. The normalized spacial score (nSPS) is 17.3. The quantitative estimate of drug-likeness (QED) is 0.769. The average molecular weight is 371 g/mol. The van der Waals surface area contributed by atoms with Crippen molar-refractivity contribution < 1.29 is 4.79 Å². The van der Waals surface area contributed by atoms with Gasteiger partial charge < -0.3 is 0 Å². The van der Waals surface area contributed by atoms with Gasteiger partial charge in [-0.15, -0.1) is 0 Å². The molecule has 1 amide bonds. The Morgan fingerprint density at radius 3 is 2.39 bits per heavy atom. The van der Waals surface area contributed by atoms with Crippen LogP contribution in [-0.2, 0) is 11.2 Å². The lowest BCUT2D eigenvalue weighted by atomic mass is 9.97. The number of hydrazone groups is 1. The number of benzene rings is 2. The first-order valence-electron chi connectivity index (χ1n) is 7.80. The number of rotatable bonds is 3. The van der Waals surface area contributed by atoms with Gasteiger partial charge in [0.15, 0.2) is 0 Å². The van der Waals surface area contributed by atoms with E-state index in [0.717, 1.165) is 34.2 Å². The Balaban J connectivity index is 1.90. The van der Waals surface area contributed by atoms with Crippen LogP contribution in [0.4, 0.5) is 0 Å². The van der Waals surface area contributed by atoms with Crippen LogP contribution in [0.3, 0.4) is 0 Å². The summed E-state index contributed by atoms with van der Waals surface area (Å²) in [6.07, 6.45) is 1.76. The summed E-state index contributed by atoms with van der Waals surface area (Å²) in [7, 11) is 0. The lowest BCUT2D eigenvalue weighted by Gasteiger charge is -2.20. The Labute approximate surface area is 145 Å². The summed E-state index contributed by atoms with van der Waals surface area (Å²) in [5.74, 6) is -0.0262. The third-order valence-corrected chi connectivity index (χ3v) is 4.71. The van der Waals surface area contributed by atoms with E-state index < -0.39 is 0 Å². The monoisotopic (exact) mass is 370 g/mol. The van der Waals surface area contributed by atoms with E-state index in [1.54, 1.807) is 11.9 Å². The molecule has 1 aliphatic rings. The van der Waals surface area contributed by atoms with Crippen molar-refractivity contribution in [3.05, 3.63) is 69.7 Å². The van der Waals surface area contributed by atoms with Gasteiger partial charge in [-0.1, -0.05) is 59.3 Å². The highest BCUT2D eigenvalue weighted by molar-refractivity contribution is 9.10. The Morgan fingerprint density at radius 2 is 1.83 bits per heavy atom. The molecule has 0 N–H and O–H groups in total. The summed E-state index contributed by atoms with van der Waals surface area (Å²) >= 11 is 3.45. The third-order valence-electron chi connectivity index (χ3n) is 4.18. The van der Waals surface area contributed by atoms with Gasteiger partial charge in [0, 0.05) is 17.8 Å². The van der Waals surface area contributed by atoms with E-state index in [1.807, 2.05) is 24.3 Å². The number of hydrogen-bond donors (Lipinski definition) is 0. The minimum Gasteiger partial charge on any atom is -0.273 e. The van der Waals surface area contributed by atoms with Crippen LogP contribution in [0.25, 0.3) is 0 Å². The maximum absolute atomic E-state index is 12.0. The third kappa shape index (κ3) is 3.37. The van der Waals surface area contributed by atoms with Gasteiger partial charge in [0.2, 0.25) is 5.91 Å². The number of halogens is 1. The van der Waals surface area contributed by atoms with Gasteiger partial charge in [0.25, 0.3) is 0 Å². The predicted octanol–water partition coefficient (Wildman–Crippen LogP) is 4.71. The van der Waals surface area contributed by atoms with E-state index in [1.165, 1.54) is 5.56 Å². The highest BCUT2D eigenvalue weighted by Crippen LogP contribution is 2.33. The van der Waals surface area contributed by atoms with Crippen LogP contribution in [0, 0.1) is 0 Å². The van der Waals surface area contributed by atoms with Crippen molar-refractivity contribution >= 4 is 27.5 Å². The van der Waals surface area contributed by atoms with Crippen molar-refractivity contribution in [3.63, 3.8) is 0 Å². The molecule has 0 bridgehead atoms. The summed E-state index contributed by atoms with van der Waals surface area (Å²) in [5.41, 5.74) is 4.45. The molecule has 0 aromatic heterocycles. The molecule has 1 atom stereocenters. The van der Waals surface area contributed by atoms with Gasteiger partial charge in [-0.25, -0.2) is 5.01 Å². The fraction of sp³-hybridized carbons (Fsp3) is 0.263. The second kappa shape index (κ2) is 6.67. The number of amides is 1. The van der Waals surface area contributed by atoms with Crippen molar-refractivity contribution in [3.8, 4) is 0 Å². The number of hydrogen-bond acceptors (Lipinski definition) is 2. The van der Waals surface area contributed by atoms with E-state index in [2.05, 4.69) is 52.2 Å². The van der Waals surface area contributed by atoms with Crippen LogP contribution in [0.1, 0.15) is 43.0 Å². The fourth-order valence-electron chi connectivity index (χ4n) is 2.85. The van der Waals surface area contributed by atoms with E-state index in [4.69, 9.17) is 0 Å². The molecular weight excluding hydrogens is 352 g/mol. The molecule has 0 radical (unpaired) electrons. The summed E-state index contributed by atoms with van der Waals surface area (Å²) in [6.45, 7) is 3.71. The van der Waals surface area contributed by atoms with Gasteiger partial charge >= 0.3 is 0 Å². The van der Waals surface area contributed by atoms with Crippen LogP contribution in [0.5, 0.6) is 0 Å². The Morgan fingerprint density at radius 1 is 1.17 bits per heavy atom. The molecule has 3 rings (SSSR count). The van der Waals surface area contributed by atoms with Gasteiger partial charge in [-0.05, 0) is 35.2 Å². The second-order valence-electron chi connectivity index (χ2n) is 5.73. The van der Waals surface area contributed by atoms with Gasteiger partial charge in [0.05, 0.1) is 11.8 Å². The fourth-order valence-corrected chi connectivity index (χ4v) is 3.12. The van der Waals surface area contributed by atoms with Crippen molar-refractivity contribution in [1.82, 2.24) is 5.01 Å². The molecule has 0 aliphatic carbocycles. The highest BCUT2D eigenvalue weighted by Gasteiger charge is 2.31. The Hall–Kier alpha value is -1.94. The molecule has 0 unspecified atom stereocenters. The second-order valence-corrected chi connectivity index (χ2v) is 6.65. The standard InChI is InChI=1S/C19H19BrN2O/c1-3-14-4-6-16(7-5-14)19-12-18(21-22(19)13(2)23)15-8-10-17(20)11-9-15/h4-11,19H,3,12H2,1-2H3/t19-/m1/s1. The molecule has 3 nitrogen and oxygen atoms in total. The smallest absolute Gasteiger partial charge is 0.240 e. The van der Waals surface area contributed by atoms with Crippen molar-refractivity contribution in [2.24, 2.45) is 5.10 Å². The minimum atomic E-state index is -0.0262. The topological polar surface area (TPSA) is 32.7 Å². The van der Waals surface area contributed by atoms with Crippen molar-refractivity contribution in [2.75, 3.05) is 0 Å². The molecule has 0 fully saturated rings. The zero-order valence-electron chi connectivity index (χ0n) is 13.3. The van der Waals surface area contributed by atoms with Crippen LogP contribution < -0.4 is 0 Å². The first-order chi connectivity index (χ1) is 11.1. The molecule has 2 aromatic rings. The molecule has 0 saturated carbocycles. The minimum absolute atomic E-state index is 0.0166. The van der Waals surface area contributed by atoms with Crippen LogP contribution >= 0.6 is 15.9 Å². The highest BCUT2D eigenvalue weighted by atomic mass is 79.9. The van der Waals surface area contributed by atoms with Gasteiger partial charge in [-0.2, -0.15) is 5.10 Å². The molecule has 4 heteroatoms. The Kier molecular flexibility index (Phi) is 4.62. The zero-order valence-corrected chi connectivity index (χ0v) is 14.9. The zero-order chi connectivity index (χ0) is 16.4. The number of carbonyl (C=O) groups excluding carboxylic acids is 1. The Bertz CT molecular complexity index is 735. The predicted molar refractivity (Wildman–Crippen MR) is 96.4 cm³/mol. The first kappa shape index (κ1) is 15.9. The first-order valence-corrected chi connectivity index (χ1v) is 8.60. The molecule has 118 valence electrons. The van der Waals surface area contributed by atoms with Gasteiger partial charge in [0.1, 0.15) is 0 Å². The maximum atomic E-state index is 12.0. The lowest BCUT2D eigenvalue weighted by Crippen LogP contribution is -2.24. The summed E-state index contributed by atoms with van der Waals surface area (Å²) < 4.78 is 1.04. The van der Waals surface area contributed by atoms with E-state index in [-0.39, 0.29) is 11.9 Å². The lowest BCUT2D eigenvalue weighted by molar-refractivity contribution is -0.130. The maximum Gasteiger partial charge on any atom is 0.240 e. The largest absolute Gasteiger partial charge is 0.273 e. The molecular formula is C19H19BrN2O. The van der Waals surface area contributed by atoms with Crippen molar-refractivity contribution in [2.45, 2.75) is 32.7 Å². The van der Waals surface area contributed by atoms with Crippen molar-refractivity contribution in [1.29, 1.82) is 0 Å². The van der Waals surface area contributed by atoms with Crippen LogP contribution in [0.2, 0.25) is 0 Å². The van der Waals surface area contributed by atoms with E-state index in [9.17, 15) is 4.79 Å². The number of carbonyl (C=O) groups is 1. The molecule has 0 spiro atoms. The van der Waals surface area contributed by atoms with Crippen LogP contribution in [-0.4, -0.2) is 16.6 Å².